The molecule has 4 aromatic rings. The zero-order chi connectivity index (χ0) is 22.7. The molecule has 0 aliphatic carbocycles. The van der Waals surface area contributed by atoms with Gasteiger partial charge in [-0.1, -0.05) is 23.9 Å². The monoisotopic (exact) mass is 450 g/mol. The highest BCUT2D eigenvalue weighted by atomic mass is 32.2. The Morgan fingerprint density at radius 1 is 1.16 bits per heavy atom. The van der Waals surface area contributed by atoms with Gasteiger partial charge < -0.3 is 19.0 Å². The highest BCUT2D eigenvalue weighted by Crippen LogP contribution is 2.32. The summed E-state index contributed by atoms with van der Waals surface area (Å²) in [6.45, 7) is 4.62. The number of aromatic nitrogens is 3. The lowest BCUT2D eigenvalue weighted by atomic mass is 10.2. The summed E-state index contributed by atoms with van der Waals surface area (Å²) < 4.78 is 12.4. The number of methoxy groups -OCH3 is 1. The fourth-order valence-corrected chi connectivity index (χ4v) is 4.35. The topological polar surface area (TPSA) is 99.2 Å². The minimum atomic E-state index is -0.505. The van der Waals surface area contributed by atoms with Gasteiger partial charge in [-0.05, 0) is 43.7 Å². The molecule has 0 unspecified atom stereocenters. The summed E-state index contributed by atoms with van der Waals surface area (Å²) >= 11 is 1.33. The number of furan rings is 1. The third-order valence-electron chi connectivity index (χ3n) is 5.21. The normalized spacial score (nSPS) is 11.0. The predicted molar refractivity (Wildman–Crippen MR) is 122 cm³/mol. The SMILES string of the molecule is COC(=O)c1ccccc1NC(=O)CSc1ncnc2c1c(C)c(C)n2Cc1ccco1. The van der Waals surface area contributed by atoms with Crippen molar-refractivity contribution in [3.63, 3.8) is 0 Å². The second kappa shape index (κ2) is 9.27. The summed E-state index contributed by atoms with van der Waals surface area (Å²) in [6.07, 6.45) is 3.16. The Labute approximate surface area is 189 Å². The average molecular weight is 451 g/mol. The smallest absolute Gasteiger partial charge is 0.339 e. The molecule has 4 rings (SSSR count). The van der Waals surface area contributed by atoms with Gasteiger partial charge in [-0.2, -0.15) is 0 Å². The molecule has 0 atom stereocenters. The summed E-state index contributed by atoms with van der Waals surface area (Å²) in [5.74, 6) is 0.211. The van der Waals surface area contributed by atoms with Crippen LogP contribution in [0.4, 0.5) is 5.69 Å². The van der Waals surface area contributed by atoms with E-state index >= 15 is 0 Å². The van der Waals surface area contributed by atoms with Gasteiger partial charge in [0.05, 0.1) is 42.3 Å². The number of fused-ring (bicyclic) bond motifs is 1. The van der Waals surface area contributed by atoms with Gasteiger partial charge in [0.1, 0.15) is 22.8 Å². The number of hydrogen-bond donors (Lipinski definition) is 1. The van der Waals surface area contributed by atoms with E-state index in [1.54, 1.807) is 30.5 Å². The third kappa shape index (κ3) is 4.24. The molecule has 0 aliphatic rings. The van der Waals surface area contributed by atoms with Gasteiger partial charge >= 0.3 is 5.97 Å². The number of carbonyl (C=O) groups excluding carboxylic acids is 2. The number of nitrogens with one attached hydrogen (secondary N) is 1. The fourth-order valence-electron chi connectivity index (χ4n) is 3.50. The largest absolute Gasteiger partial charge is 0.467 e. The van der Waals surface area contributed by atoms with Crippen molar-refractivity contribution in [2.75, 3.05) is 18.2 Å². The van der Waals surface area contributed by atoms with E-state index in [1.807, 2.05) is 26.0 Å². The predicted octanol–water partition coefficient (Wildman–Crippen LogP) is 4.21. The van der Waals surface area contributed by atoms with Crippen molar-refractivity contribution in [2.24, 2.45) is 0 Å². The highest BCUT2D eigenvalue weighted by molar-refractivity contribution is 8.00. The summed E-state index contributed by atoms with van der Waals surface area (Å²) in [7, 11) is 1.31. The maximum absolute atomic E-state index is 12.6. The molecule has 8 nitrogen and oxygen atoms in total. The van der Waals surface area contributed by atoms with Crippen molar-refractivity contribution in [2.45, 2.75) is 25.4 Å². The molecule has 0 saturated heterocycles. The summed E-state index contributed by atoms with van der Waals surface area (Å²) in [5.41, 5.74) is 3.64. The first-order chi connectivity index (χ1) is 15.5. The quantitative estimate of drug-likeness (QED) is 0.256. The number of benzene rings is 1. The number of carbonyl (C=O) groups is 2. The van der Waals surface area contributed by atoms with Crippen LogP contribution in [-0.4, -0.2) is 39.3 Å². The first-order valence-electron chi connectivity index (χ1n) is 9.92. The minimum Gasteiger partial charge on any atom is -0.467 e. The van der Waals surface area contributed by atoms with E-state index in [9.17, 15) is 9.59 Å². The van der Waals surface area contributed by atoms with Gasteiger partial charge in [0, 0.05) is 5.69 Å². The van der Waals surface area contributed by atoms with E-state index in [4.69, 9.17) is 9.15 Å². The van der Waals surface area contributed by atoms with Gasteiger partial charge in [-0.15, -0.1) is 0 Å². The number of hydrogen-bond acceptors (Lipinski definition) is 7. The van der Waals surface area contributed by atoms with Gasteiger partial charge in [0.25, 0.3) is 0 Å². The van der Waals surface area contributed by atoms with Crippen molar-refractivity contribution in [1.29, 1.82) is 0 Å². The zero-order valence-corrected chi connectivity index (χ0v) is 18.7. The van der Waals surface area contributed by atoms with Crippen LogP contribution in [0.25, 0.3) is 11.0 Å². The van der Waals surface area contributed by atoms with E-state index in [0.717, 1.165) is 33.1 Å². The number of nitrogens with zero attached hydrogens (tertiary/aromatic N) is 3. The van der Waals surface area contributed by atoms with Crippen molar-refractivity contribution in [3.8, 4) is 0 Å². The second-order valence-electron chi connectivity index (χ2n) is 7.13. The van der Waals surface area contributed by atoms with E-state index < -0.39 is 5.97 Å². The van der Waals surface area contributed by atoms with Crippen LogP contribution < -0.4 is 5.32 Å². The molecular formula is C23H22N4O4S. The van der Waals surface area contributed by atoms with Crippen molar-refractivity contribution in [3.05, 3.63) is 71.6 Å². The Kier molecular flexibility index (Phi) is 6.27. The number of aryl methyl sites for hydroxylation is 1. The van der Waals surface area contributed by atoms with E-state index in [2.05, 4.69) is 19.9 Å². The summed E-state index contributed by atoms with van der Waals surface area (Å²) in [4.78, 5) is 33.4. The van der Waals surface area contributed by atoms with Gasteiger partial charge in [-0.25, -0.2) is 14.8 Å². The number of thioether (sulfide) groups is 1. The Morgan fingerprint density at radius 2 is 1.97 bits per heavy atom. The number of rotatable bonds is 7. The van der Waals surface area contributed by atoms with E-state index in [-0.39, 0.29) is 11.7 Å². The van der Waals surface area contributed by atoms with Crippen molar-refractivity contribution in [1.82, 2.24) is 14.5 Å². The molecule has 1 aromatic carbocycles. The molecule has 32 heavy (non-hydrogen) atoms. The molecule has 0 saturated carbocycles. The standard InChI is InChI=1S/C23H22N4O4S/c1-14-15(2)27(11-16-7-6-10-31-16)21-20(14)22(25-13-24-21)32-12-19(28)26-18-9-5-4-8-17(18)23(29)30-3/h4-10,13H,11-12H2,1-3H3,(H,26,28). The van der Waals surface area contributed by atoms with E-state index in [1.165, 1.54) is 25.2 Å². The molecule has 0 radical (unpaired) electrons. The Balaban J connectivity index is 1.54. The van der Waals surface area contributed by atoms with Crippen LogP contribution in [0.15, 0.2) is 58.4 Å². The van der Waals surface area contributed by atoms with Crippen LogP contribution in [-0.2, 0) is 16.1 Å². The van der Waals surface area contributed by atoms with Gasteiger partial charge in [0.15, 0.2) is 0 Å². The number of esters is 1. The van der Waals surface area contributed by atoms with Gasteiger partial charge in [0.2, 0.25) is 5.91 Å². The summed E-state index contributed by atoms with van der Waals surface area (Å²) in [5, 5.41) is 4.43. The average Bonchev–Trinajstić information content (AvgIpc) is 3.41. The van der Waals surface area contributed by atoms with Crippen LogP contribution in [0, 0.1) is 13.8 Å². The summed E-state index contributed by atoms with van der Waals surface area (Å²) in [6, 6.07) is 10.5. The van der Waals surface area contributed by atoms with Gasteiger partial charge in [-0.3, -0.25) is 4.79 Å². The van der Waals surface area contributed by atoms with Crippen LogP contribution in [0.3, 0.4) is 0 Å². The maximum atomic E-state index is 12.6. The lowest BCUT2D eigenvalue weighted by Crippen LogP contribution is -2.17. The molecular weight excluding hydrogens is 428 g/mol. The Hall–Kier alpha value is -3.59. The van der Waals surface area contributed by atoms with Crippen LogP contribution in [0.2, 0.25) is 0 Å². The van der Waals surface area contributed by atoms with E-state index in [0.29, 0.717) is 17.8 Å². The number of ether oxygens (including phenoxy) is 1. The fraction of sp³-hybridized carbons (Fsp3) is 0.217. The molecule has 0 bridgehead atoms. The first kappa shape index (κ1) is 21.6. The second-order valence-corrected chi connectivity index (χ2v) is 8.09. The number of para-hydroxylation sites is 1. The van der Waals surface area contributed by atoms with Crippen LogP contribution in [0.1, 0.15) is 27.4 Å². The minimum absolute atomic E-state index is 0.128. The van der Waals surface area contributed by atoms with Crippen LogP contribution >= 0.6 is 11.8 Å². The molecule has 1 amide bonds. The lowest BCUT2D eigenvalue weighted by molar-refractivity contribution is -0.113. The molecule has 0 spiro atoms. The van der Waals surface area contributed by atoms with Crippen molar-refractivity contribution < 1.29 is 18.7 Å². The molecule has 3 heterocycles. The Bertz CT molecular complexity index is 1280. The number of amides is 1. The zero-order valence-electron chi connectivity index (χ0n) is 17.9. The Morgan fingerprint density at radius 3 is 2.72 bits per heavy atom. The molecule has 3 aromatic heterocycles. The molecule has 0 aliphatic heterocycles. The molecule has 9 heteroatoms. The molecule has 0 fully saturated rings. The molecule has 164 valence electrons. The lowest BCUT2D eigenvalue weighted by Gasteiger charge is -2.09. The first-order valence-corrected chi connectivity index (χ1v) is 10.9. The third-order valence-corrected chi connectivity index (χ3v) is 6.20. The van der Waals surface area contributed by atoms with Crippen LogP contribution in [0.5, 0.6) is 0 Å². The molecule has 1 N–H and O–H groups in total. The number of anilines is 1. The van der Waals surface area contributed by atoms with Crippen molar-refractivity contribution >= 4 is 40.4 Å². The maximum Gasteiger partial charge on any atom is 0.339 e. The highest BCUT2D eigenvalue weighted by Gasteiger charge is 2.19.